The number of imidazole rings is 1. The Kier molecular flexibility index (Phi) is 3.81. The van der Waals surface area contributed by atoms with E-state index >= 15 is 0 Å². The van der Waals surface area contributed by atoms with Crippen molar-refractivity contribution in [3.05, 3.63) is 28.7 Å². The van der Waals surface area contributed by atoms with Gasteiger partial charge in [-0.3, -0.25) is 0 Å². The van der Waals surface area contributed by atoms with Gasteiger partial charge in [-0.15, -0.1) is 0 Å². The van der Waals surface area contributed by atoms with Gasteiger partial charge in [-0.05, 0) is 49.8 Å². The lowest BCUT2D eigenvalue weighted by atomic mass is 9.83. The summed E-state index contributed by atoms with van der Waals surface area (Å²) in [6, 6.07) is 6.60. The highest BCUT2D eigenvalue weighted by molar-refractivity contribution is 5.78. The predicted molar refractivity (Wildman–Crippen MR) is 83.2 cm³/mol. The third-order valence-electron chi connectivity index (χ3n) is 4.43. The average Bonchev–Trinajstić information content (AvgIpc) is 2.81. The third kappa shape index (κ3) is 2.89. The number of nitrogens with one attached hydrogen (secondary N) is 3. The van der Waals surface area contributed by atoms with Crippen molar-refractivity contribution in [2.75, 3.05) is 5.32 Å². The smallest absolute Gasteiger partial charge is 0.323 e. The highest BCUT2D eigenvalue weighted by Gasteiger charge is 2.20. The number of fused-ring (bicyclic) bond motifs is 1. The fraction of sp³-hybridized carbons (Fsp3) is 0.562. The first-order valence-electron chi connectivity index (χ1n) is 7.73. The van der Waals surface area contributed by atoms with Gasteiger partial charge in [-0.1, -0.05) is 19.8 Å². The van der Waals surface area contributed by atoms with Crippen molar-refractivity contribution >= 4 is 16.7 Å². The molecule has 0 saturated heterocycles. The van der Waals surface area contributed by atoms with E-state index in [0.717, 1.165) is 22.6 Å². The van der Waals surface area contributed by atoms with Gasteiger partial charge in [0, 0.05) is 11.7 Å². The molecule has 3 rings (SSSR count). The first-order valence-corrected chi connectivity index (χ1v) is 7.73. The molecular formula is C16H23N3O. The van der Waals surface area contributed by atoms with Gasteiger partial charge in [-0.25, -0.2) is 4.79 Å². The number of hydrogen-bond acceptors (Lipinski definition) is 2. The molecular weight excluding hydrogens is 250 g/mol. The first kappa shape index (κ1) is 13.3. The predicted octanol–water partition coefficient (Wildman–Crippen LogP) is 3.63. The molecule has 108 valence electrons. The first-order chi connectivity index (χ1) is 9.74. The van der Waals surface area contributed by atoms with Crippen LogP contribution in [0.25, 0.3) is 11.0 Å². The van der Waals surface area contributed by atoms with E-state index in [2.05, 4.69) is 22.2 Å². The minimum absolute atomic E-state index is 0.141. The molecule has 1 aromatic carbocycles. The molecule has 1 heterocycles. The molecule has 0 unspecified atom stereocenters. The van der Waals surface area contributed by atoms with Crippen LogP contribution in [0.1, 0.15) is 45.4 Å². The van der Waals surface area contributed by atoms with Crippen molar-refractivity contribution in [3.8, 4) is 0 Å². The lowest BCUT2D eigenvalue weighted by Gasteiger charge is -2.29. The Hall–Kier alpha value is -1.71. The van der Waals surface area contributed by atoms with Gasteiger partial charge in [0.2, 0.25) is 0 Å². The summed E-state index contributed by atoms with van der Waals surface area (Å²) in [6.07, 6.45) is 7.88. The Labute approximate surface area is 119 Å². The van der Waals surface area contributed by atoms with Crippen LogP contribution in [-0.4, -0.2) is 16.0 Å². The Morgan fingerprint density at radius 3 is 2.65 bits per heavy atom. The number of aromatic amines is 2. The number of H-pyrrole nitrogens is 2. The Bertz CT molecular complexity index is 620. The normalized spacial score (nSPS) is 23.1. The van der Waals surface area contributed by atoms with Crippen molar-refractivity contribution in [1.82, 2.24) is 9.97 Å². The fourth-order valence-electron chi connectivity index (χ4n) is 3.36. The molecule has 1 saturated carbocycles. The lowest BCUT2D eigenvalue weighted by Crippen LogP contribution is -2.26. The molecule has 20 heavy (non-hydrogen) atoms. The van der Waals surface area contributed by atoms with Crippen LogP contribution in [0.15, 0.2) is 23.0 Å². The summed E-state index contributed by atoms with van der Waals surface area (Å²) in [7, 11) is 0. The number of hydrogen-bond donors (Lipinski definition) is 3. The summed E-state index contributed by atoms with van der Waals surface area (Å²) >= 11 is 0. The van der Waals surface area contributed by atoms with E-state index in [-0.39, 0.29) is 5.69 Å². The average molecular weight is 273 g/mol. The van der Waals surface area contributed by atoms with Crippen LogP contribution in [0, 0.1) is 5.92 Å². The summed E-state index contributed by atoms with van der Waals surface area (Å²) in [5, 5.41) is 3.61. The van der Waals surface area contributed by atoms with Gasteiger partial charge in [0.05, 0.1) is 11.0 Å². The van der Waals surface area contributed by atoms with Crippen molar-refractivity contribution in [1.29, 1.82) is 0 Å². The number of aromatic nitrogens is 2. The van der Waals surface area contributed by atoms with E-state index in [1.54, 1.807) is 0 Å². The maximum atomic E-state index is 11.3. The van der Waals surface area contributed by atoms with Crippen molar-refractivity contribution < 1.29 is 0 Å². The van der Waals surface area contributed by atoms with Gasteiger partial charge in [-0.2, -0.15) is 0 Å². The minimum Gasteiger partial charge on any atom is -0.382 e. The minimum atomic E-state index is -0.141. The van der Waals surface area contributed by atoms with E-state index in [0.29, 0.717) is 6.04 Å². The van der Waals surface area contributed by atoms with Gasteiger partial charge in [0.25, 0.3) is 0 Å². The van der Waals surface area contributed by atoms with Crippen LogP contribution in [-0.2, 0) is 0 Å². The summed E-state index contributed by atoms with van der Waals surface area (Å²) in [5.41, 5.74) is 2.70. The highest BCUT2D eigenvalue weighted by atomic mass is 16.1. The standard InChI is InChI=1S/C16H23N3O/c1-2-3-11-4-6-12(7-5-11)17-13-8-9-14-15(10-13)19-16(20)18-14/h8-12,17H,2-7H2,1H3,(H2,18,19,20). The maximum absolute atomic E-state index is 11.3. The van der Waals surface area contributed by atoms with Crippen LogP contribution < -0.4 is 11.0 Å². The summed E-state index contributed by atoms with van der Waals surface area (Å²) in [4.78, 5) is 16.8. The second kappa shape index (κ2) is 5.73. The number of rotatable bonds is 4. The van der Waals surface area contributed by atoms with Crippen LogP contribution in [0.2, 0.25) is 0 Å². The van der Waals surface area contributed by atoms with E-state index in [9.17, 15) is 4.79 Å². The molecule has 4 nitrogen and oxygen atoms in total. The molecule has 4 heteroatoms. The van der Waals surface area contributed by atoms with Crippen LogP contribution in [0.4, 0.5) is 5.69 Å². The monoisotopic (exact) mass is 273 g/mol. The van der Waals surface area contributed by atoms with Gasteiger partial charge in [0.1, 0.15) is 0 Å². The zero-order chi connectivity index (χ0) is 13.9. The van der Waals surface area contributed by atoms with Crippen LogP contribution in [0.5, 0.6) is 0 Å². The lowest BCUT2D eigenvalue weighted by molar-refractivity contribution is 0.319. The van der Waals surface area contributed by atoms with Gasteiger partial charge in [0.15, 0.2) is 0 Å². The molecule has 3 N–H and O–H groups in total. The Morgan fingerprint density at radius 1 is 1.15 bits per heavy atom. The second-order valence-electron chi connectivity index (χ2n) is 5.99. The maximum Gasteiger partial charge on any atom is 0.323 e. The van der Waals surface area contributed by atoms with E-state index < -0.39 is 0 Å². The topological polar surface area (TPSA) is 60.7 Å². The second-order valence-corrected chi connectivity index (χ2v) is 5.99. The molecule has 0 spiro atoms. The van der Waals surface area contributed by atoms with Crippen molar-refractivity contribution in [3.63, 3.8) is 0 Å². The van der Waals surface area contributed by atoms with Crippen LogP contribution in [0.3, 0.4) is 0 Å². The van der Waals surface area contributed by atoms with Crippen molar-refractivity contribution in [2.24, 2.45) is 5.92 Å². The summed E-state index contributed by atoms with van der Waals surface area (Å²) in [6.45, 7) is 2.28. The van der Waals surface area contributed by atoms with Gasteiger partial charge < -0.3 is 15.3 Å². The summed E-state index contributed by atoms with van der Waals surface area (Å²) < 4.78 is 0. The molecule has 0 radical (unpaired) electrons. The molecule has 1 aromatic heterocycles. The Morgan fingerprint density at radius 2 is 1.90 bits per heavy atom. The largest absolute Gasteiger partial charge is 0.382 e. The molecule has 0 bridgehead atoms. The van der Waals surface area contributed by atoms with Gasteiger partial charge >= 0.3 is 5.69 Å². The number of anilines is 1. The zero-order valence-electron chi connectivity index (χ0n) is 12.0. The quantitative estimate of drug-likeness (QED) is 0.796. The highest BCUT2D eigenvalue weighted by Crippen LogP contribution is 2.29. The van der Waals surface area contributed by atoms with E-state index in [1.165, 1.54) is 38.5 Å². The molecule has 1 aliphatic carbocycles. The Balaban J connectivity index is 1.63. The molecule has 2 aromatic rings. The SMILES string of the molecule is CCCC1CCC(Nc2ccc3[nH]c(=O)[nH]c3c2)CC1. The molecule has 1 aliphatic rings. The zero-order valence-corrected chi connectivity index (χ0v) is 12.0. The molecule has 0 atom stereocenters. The van der Waals surface area contributed by atoms with Crippen molar-refractivity contribution in [2.45, 2.75) is 51.5 Å². The molecule has 0 aliphatic heterocycles. The van der Waals surface area contributed by atoms with E-state index in [4.69, 9.17) is 0 Å². The van der Waals surface area contributed by atoms with E-state index in [1.807, 2.05) is 18.2 Å². The summed E-state index contributed by atoms with van der Waals surface area (Å²) in [5.74, 6) is 0.932. The molecule has 0 amide bonds. The molecule has 1 fully saturated rings. The fourth-order valence-corrected chi connectivity index (χ4v) is 3.36. The third-order valence-corrected chi connectivity index (χ3v) is 4.43. The van der Waals surface area contributed by atoms with Crippen LogP contribution >= 0.6 is 0 Å². The number of benzene rings is 1.